The fourth-order valence-electron chi connectivity index (χ4n) is 1.88. The number of hydrogen-bond acceptors (Lipinski definition) is 4. The summed E-state index contributed by atoms with van der Waals surface area (Å²) in [4.78, 5) is 13.6. The van der Waals surface area contributed by atoms with Crippen molar-refractivity contribution in [1.29, 1.82) is 0 Å². The summed E-state index contributed by atoms with van der Waals surface area (Å²) >= 11 is 0. The highest BCUT2D eigenvalue weighted by Crippen LogP contribution is 2.22. The predicted octanol–water partition coefficient (Wildman–Crippen LogP) is 1.36. The molecule has 0 aliphatic carbocycles. The average molecular weight is 244 g/mol. The van der Waals surface area contributed by atoms with E-state index in [-0.39, 0.29) is 17.8 Å². The molecule has 1 aliphatic heterocycles. The SMILES string of the molecule is CC(C)(C)OC(=O)N1C[C@@H](CN)OC(C)(C)C1. The molecule has 1 aliphatic rings. The Morgan fingerprint density at radius 1 is 1.53 bits per heavy atom. The molecular formula is C12H24N2O3. The summed E-state index contributed by atoms with van der Waals surface area (Å²) in [6.45, 7) is 10.9. The molecule has 5 heteroatoms. The standard InChI is InChI=1S/C12H24N2O3/c1-11(2,3)17-10(15)14-7-9(6-13)16-12(4,5)8-14/h9H,6-8,13H2,1-5H3/t9-/m1/s1. The zero-order chi connectivity index (χ0) is 13.3. The molecule has 1 atom stereocenters. The molecule has 0 saturated carbocycles. The van der Waals surface area contributed by atoms with Gasteiger partial charge < -0.3 is 20.1 Å². The smallest absolute Gasteiger partial charge is 0.410 e. The maximum atomic E-state index is 12.0. The lowest BCUT2D eigenvalue weighted by atomic mass is 10.1. The third-order valence-electron chi connectivity index (χ3n) is 2.40. The van der Waals surface area contributed by atoms with Gasteiger partial charge in [-0.25, -0.2) is 4.79 Å². The quantitative estimate of drug-likeness (QED) is 0.756. The van der Waals surface area contributed by atoms with Crippen molar-refractivity contribution >= 4 is 6.09 Å². The van der Waals surface area contributed by atoms with Crippen molar-refractivity contribution < 1.29 is 14.3 Å². The van der Waals surface area contributed by atoms with Crippen molar-refractivity contribution in [3.05, 3.63) is 0 Å². The molecule has 0 unspecified atom stereocenters. The molecular weight excluding hydrogens is 220 g/mol. The predicted molar refractivity (Wildman–Crippen MR) is 65.8 cm³/mol. The van der Waals surface area contributed by atoms with Crippen LogP contribution in [0.5, 0.6) is 0 Å². The van der Waals surface area contributed by atoms with Crippen molar-refractivity contribution in [3.8, 4) is 0 Å². The van der Waals surface area contributed by atoms with Crippen molar-refractivity contribution in [2.45, 2.75) is 51.9 Å². The molecule has 100 valence electrons. The second kappa shape index (κ2) is 4.82. The second-order valence-electron chi connectivity index (χ2n) is 6.10. The van der Waals surface area contributed by atoms with Crippen LogP contribution in [0.15, 0.2) is 0 Å². The van der Waals surface area contributed by atoms with E-state index in [4.69, 9.17) is 15.2 Å². The van der Waals surface area contributed by atoms with Crippen LogP contribution in [0.4, 0.5) is 4.79 Å². The number of carbonyl (C=O) groups excluding carboxylic acids is 1. The first-order valence-corrected chi connectivity index (χ1v) is 5.99. The number of carbonyl (C=O) groups is 1. The Balaban J connectivity index is 2.67. The molecule has 1 saturated heterocycles. The summed E-state index contributed by atoms with van der Waals surface area (Å²) < 4.78 is 11.1. The number of morpholine rings is 1. The lowest BCUT2D eigenvalue weighted by molar-refractivity contribution is -0.129. The molecule has 0 bridgehead atoms. The van der Waals surface area contributed by atoms with E-state index in [0.29, 0.717) is 19.6 Å². The van der Waals surface area contributed by atoms with Gasteiger partial charge in [-0.1, -0.05) is 0 Å². The Labute approximate surface area is 103 Å². The summed E-state index contributed by atoms with van der Waals surface area (Å²) in [7, 11) is 0. The zero-order valence-corrected chi connectivity index (χ0v) is 11.4. The molecule has 0 aromatic rings. The third-order valence-corrected chi connectivity index (χ3v) is 2.40. The van der Waals surface area contributed by atoms with E-state index < -0.39 is 5.60 Å². The van der Waals surface area contributed by atoms with Crippen molar-refractivity contribution in [3.63, 3.8) is 0 Å². The normalized spacial score (nSPS) is 24.6. The van der Waals surface area contributed by atoms with E-state index in [1.54, 1.807) is 4.90 Å². The zero-order valence-electron chi connectivity index (χ0n) is 11.4. The van der Waals surface area contributed by atoms with E-state index in [1.165, 1.54) is 0 Å². The number of rotatable bonds is 1. The van der Waals surface area contributed by atoms with Gasteiger partial charge in [-0.05, 0) is 34.6 Å². The minimum absolute atomic E-state index is 0.119. The topological polar surface area (TPSA) is 64.8 Å². The Morgan fingerprint density at radius 2 is 2.12 bits per heavy atom. The molecule has 1 heterocycles. The van der Waals surface area contributed by atoms with Crippen LogP contribution in [0.2, 0.25) is 0 Å². The molecule has 17 heavy (non-hydrogen) atoms. The Kier molecular flexibility index (Phi) is 4.04. The van der Waals surface area contributed by atoms with Crippen LogP contribution in [-0.4, -0.2) is 47.9 Å². The van der Waals surface area contributed by atoms with Crippen LogP contribution in [0, 0.1) is 0 Å². The van der Waals surface area contributed by atoms with Gasteiger partial charge in [-0.2, -0.15) is 0 Å². The number of ether oxygens (including phenoxy) is 2. The van der Waals surface area contributed by atoms with E-state index in [0.717, 1.165) is 0 Å². The highest BCUT2D eigenvalue weighted by atomic mass is 16.6. The molecule has 0 spiro atoms. The van der Waals surface area contributed by atoms with Crippen LogP contribution in [-0.2, 0) is 9.47 Å². The van der Waals surface area contributed by atoms with Crippen LogP contribution in [0.1, 0.15) is 34.6 Å². The first-order valence-electron chi connectivity index (χ1n) is 5.99. The molecule has 0 radical (unpaired) electrons. The number of amides is 1. The van der Waals surface area contributed by atoms with Gasteiger partial charge >= 0.3 is 6.09 Å². The van der Waals surface area contributed by atoms with Crippen LogP contribution in [0.3, 0.4) is 0 Å². The summed E-state index contributed by atoms with van der Waals surface area (Å²) in [6, 6.07) is 0. The maximum absolute atomic E-state index is 12.0. The first-order chi connectivity index (χ1) is 7.63. The number of nitrogens with zero attached hydrogens (tertiary/aromatic N) is 1. The maximum Gasteiger partial charge on any atom is 0.410 e. The molecule has 0 aromatic carbocycles. The van der Waals surface area contributed by atoms with Crippen LogP contribution >= 0.6 is 0 Å². The highest BCUT2D eigenvalue weighted by Gasteiger charge is 2.36. The van der Waals surface area contributed by atoms with Gasteiger partial charge in [0.15, 0.2) is 0 Å². The largest absolute Gasteiger partial charge is 0.444 e. The van der Waals surface area contributed by atoms with Crippen LogP contribution < -0.4 is 5.73 Å². The van der Waals surface area contributed by atoms with Gasteiger partial charge in [-0.15, -0.1) is 0 Å². The molecule has 5 nitrogen and oxygen atoms in total. The van der Waals surface area contributed by atoms with Crippen molar-refractivity contribution in [2.24, 2.45) is 5.73 Å². The Hall–Kier alpha value is -0.810. The molecule has 1 rings (SSSR count). The third kappa shape index (κ3) is 4.52. The molecule has 1 amide bonds. The van der Waals surface area contributed by atoms with Crippen molar-refractivity contribution in [2.75, 3.05) is 19.6 Å². The monoisotopic (exact) mass is 244 g/mol. The average Bonchev–Trinajstić information content (AvgIpc) is 2.12. The summed E-state index contributed by atoms with van der Waals surface area (Å²) in [5.74, 6) is 0. The number of hydrogen-bond donors (Lipinski definition) is 1. The van der Waals surface area contributed by atoms with Gasteiger partial charge in [0.05, 0.1) is 24.8 Å². The summed E-state index contributed by atoms with van der Waals surface area (Å²) in [5, 5.41) is 0. The second-order valence-corrected chi connectivity index (χ2v) is 6.10. The van der Waals surface area contributed by atoms with E-state index in [2.05, 4.69) is 0 Å². The van der Waals surface area contributed by atoms with Crippen LogP contribution in [0.25, 0.3) is 0 Å². The van der Waals surface area contributed by atoms with E-state index >= 15 is 0 Å². The van der Waals surface area contributed by atoms with E-state index in [9.17, 15) is 4.79 Å². The van der Waals surface area contributed by atoms with Gasteiger partial charge in [0.1, 0.15) is 5.60 Å². The number of nitrogens with two attached hydrogens (primary N) is 1. The van der Waals surface area contributed by atoms with Crippen molar-refractivity contribution in [1.82, 2.24) is 4.90 Å². The minimum Gasteiger partial charge on any atom is -0.444 e. The minimum atomic E-state index is -0.474. The molecule has 0 aromatic heterocycles. The lowest BCUT2D eigenvalue weighted by Gasteiger charge is -2.42. The first kappa shape index (κ1) is 14.3. The van der Waals surface area contributed by atoms with Gasteiger partial charge in [0.25, 0.3) is 0 Å². The highest BCUT2D eigenvalue weighted by molar-refractivity contribution is 5.68. The molecule has 2 N–H and O–H groups in total. The summed E-state index contributed by atoms with van der Waals surface area (Å²) in [6.07, 6.45) is -0.418. The van der Waals surface area contributed by atoms with E-state index in [1.807, 2.05) is 34.6 Å². The lowest BCUT2D eigenvalue weighted by Crippen LogP contribution is -2.57. The van der Waals surface area contributed by atoms with Gasteiger partial charge in [-0.3, -0.25) is 0 Å². The fourth-order valence-corrected chi connectivity index (χ4v) is 1.88. The van der Waals surface area contributed by atoms with Gasteiger partial charge in [0, 0.05) is 6.54 Å². The Morgan fingerprint density at radius 3 is 2.59 bits per heavy atom. The molecule has 1 fully saturated rings. The Bertz CT molecular complexity index is 284. The van der Waals surface area contributed by atoms with Gasteiger partial charge in [0.2, 0.25) is 0 Å². The summed E-state index contributed by atoms with van der Waals surface area (Å²) in [5.41, 5.74) is 4.76. The fraction of sp³-hybridized carbons (Fsp3) is 0.917.